The molecule has 1 aromatic rings. The Morgan fingerprint density at radius 3 is 2.72 bits per heavy atom. The third-order valence-corrected chi connectivity index (χ3v) is 2.54. The molecule has 0 radical (unpaired) electrons. The predicted octanol–water partition coefficient (Wildman–Crippen LogP) is 1.60. The molecule has 5 heteroatoms. The van der Waals surface area contributed by atoms with Crippen LogP contribution in [-0.2, 0) is 4.79 Å². The number of rotatable bonds is 3. The number of hydrogen-bond donors (Lipinski definition) is 2. The molecule has 5 nitrogen and oxygen atoms in total. The smallest absolute Gasteiger partial charge is 0.326 e. The highest BCUT2D eigenvalue weighted by molar-refractivity contribution is 5.92. The number of aliphatic carboxylic acids is 1. The second kappa shape index (κ2) is 5.73. The fraction of sp³-hybridized carbons (Fsp3) is 0.231. The molecule has 0 aliphatic rings. The van der Waals surface area contributed by atoms with Crippen LogP contribution in [0.2, 0.25) is 0 Å². The first-order valence-electron chi connectivity index (χ1n) is 5.29. The SMILES string of the molecule is C#Cc1cccc(NC(=O)N(C)C(C)C(=O)O)c1. The second-order valence-corrected chi connectivity index (χ2v) is 3.78. The summed E-state index contributed by atoms with van der Waals surface area (Å²) in [7, 11) is 1.42. The van der Waals surface area contributed by atoms with E-state index >= 15 is 0 Å². The fourth-order valence-electron chi connectivity index (χ4n) is 1.24. The van der Waals surface area contributed by atoms with E-state index in [1.54, 1.807) is 24.3 Å². The van der Waals surface area contributed by atoms with E-state index in [4.69, 9.17) is 11.5 Å². The first-order valence-corrected chi connectivity index (χ1v) is 5.29. The molecule has 2 N–H and O–H groups in total. The summed E-state index contributed by atoms with van der Waals surface area (Å²) in [6, 6.07) is 5.36. The van der Waals surface area contributed by atoms with Crippen molar-refractivity contribution in [2.45, 2.75) is 13.0 Å². The molecule has 0 saturated heterocycles. The monoisotopic (exact) mass is 246 g/mol. The maximum Gasteiger partial charge on any atom is 0.326 e. The van der Waals surface area contributed by atoms with Gasteiger partial charge in [-0.1, -0.05) is 12.0 Å². The van der Waals surface area contributed by atoms with Crippen LogP contribution in [0.15, 0.2) is 24.3 Å². The van der Waals surface area contributed by atoms with E-state index in [0.29, 0.717) is 11.3 Å². The minimum atomic E-state index is -1.06. The fourth-order valence-corrected chi connectivity index (χ4v) is 1.24. The molecule has 18 heavy (non-hydrogen) atoms. The number of hydrogen-bond acceptors (Lipinski definition) is 2. The quantitative estimate of drug-likeness (QED) is 0.796. The van der Waals surface area contributed by atoms with Gasteiger partial charge in [0.15, 0.2) is 0 Å². The molecule has 1 unspecified atom stereocenters. The molecule has 0 aromatic heterocycles. The summed E-state index contributed by atoms with van der Waals surface area (Å²) in [5, 5.41) is 11.4. The van der Waals surface area contributed by atoms with Crippen molar-refractivity contribution in [1.29, 1.82) is 0 Å². The topological polar surface area (TPSA) is 69.6 Å². The highest BCUT2D eigenvalue weighted by Gasteiger charge is 2.21. The van der Waals surface area contributed by atoms with E-state index in [9.17, 15) is 9.59 Å². The Morgan fingerprint density at radius 2 is 2.17 bits per heavy atom. The van der Waals surface area contributed by atoms with Crippen LogP contribution in [0.1, 0.15) is 12.5 Å². The molecular formula is C13H14N2O3. The number of benzene rings is 1. The Hall–Kier alpha value is -2.48. The number of urea groups is 1. The highest BCUT2D eigenvalue weighted by Crippen LogP contribution is 2.11. The number of nitrogens with zero attached hydrogens (tertiary/aromatic N) is 1. The molecule has 0 saturated carbocycles. The van der Waals surface area contributed by atoms with Gasteiger partial charge in [0.2, 0.25) is 0 Å². The van der Waals surface area contributed by atoms with Gasteiger partial charge in [-0.3, -0.25) is 0 Å². The first-order chi connectivity index (χ1) is 8.45. The molecule has 94 valence electrons. The summed E-state index contributed by atoms with van der Waals surface area (Å²) in [6.07, 6.45) is 5.25. The van der Waals surface area contributed by atoms with Crippen molar-refractivity contribution in [3.05, 3.63) is 29.8 Å². The standard InChI is InChI=1S/C13H14N2O3/c1-4-10-6-5-7-11(8-10)14-13(18)15(3)9(2)12(16)17/h1,5-9H,2-3H3,(H,14,18)(H,16,17). The third kappa shape index (κ3) is 3.25. The maximum atomic E-state index is 11.8. The van der Waals surface area contributed by atoms with Gasteiger partial charge in [-0.25, -0.2) is 9.59 Å². The second-order valence-electron chi connectivity index (χ2n) is 3.78. The van der Waals surface area contributed by atoms with Crippen LogP contribution in [0.3, 0.4) is 0 Å². The summed E-state index contributed by atoms with van der Waals surface area (Å²) in [6.45, 7) is 1.43. The van der Waals surface area contributed by atoms with E-state index in [-0.39, 0.29) is 0 Å². The van der Waals surface area contributed by atoms with Crippen molar-refractivity contribution >= 4 is 17.7 Å². The molecule has 1 aromatic carbocycles. The average Bonchev–Trinajstić information content (AvgIpc) is 2.36. The van der Waals surface area contributed by atoms with Crippen molar-refractivity contribution in [2.75, 3.05) is 12.4 Å². The van der Waals surface area contributed by atoms with E-state index in [0.717, 1.165) is 4.90 Å². The zero-order valence-corrected chi connectivity index (χ0v) is 10.2. The average molecular weight is 246 g/mol. The summed E-state index contributed by atoms with van der Waals surface area (Å²) in [5.74, 6) is 1.39. The van der Waals surface area contributed by atoms with Crippen molar-refractivity contribution in [3.63, 3.8) is 0 Å². The number of anilines is 1. The number of carbonyl (C=O) groups is 2. The number of likely N-dealkylation sites (N-methyl/N-ethyl adjacent to an activating group) is 1. The molecule has 0 spiro atoms. The maximum absolute atomic E-state index is 11.8. The predicted molar refractivity (Wildman–Crippen MR) is 68.3 cm³/mol. The number of terminal acetylenes is 1. The number of carbonyl (C=O) groups excluding carboxylic acids is 1. The van der Waals surface area contributed by atoms with Gasteiger partial charge in [-0.15, -0.1) is 6.42 Å². The van der Waals surface area contributed by atoms with E-state index in [1.165, 1.54) is 14.0 Å². The molecule has 0 heterocycles. The minimum Gasteiger partial charge on any atom is -0.480 e. The van der Waals surface area contributed by atoms with Crippen LogP contribution in [0.5, 0.6) is 0 Å². The number of nitrogens with one attached hydrogen (secondary N) is 1. The lowest BCUT2D eigenvalue weighted by molar-refractivity contribution is -0.141. The summed E-state index contributed by atoms with van der Waals surface area (Å²) < 4.78 is 0. The molecule has 2 amide bonds. The molecule has 0 aliphatic heterocycles. The summed E-state index contributed by atoms with van der Waals surface area (Å²) >= 11 is 0. The molecule has 0 aliphatic carbocycles. The van der Waals surface area contributed by atoms with Gasteiger partial charge in [-0.05, 0) is 25.1 Å². The van der Waals surface area contributed by atoms with Gasteiger partial charge in [0.05, 0.1) is 0 Å². The van der Waals surface area contributed by atoms with Crippen molar-refractivity contribution in [3.8, 4) is 12.3 Å². The van der Waals surface area contributed by atoms with Crippen LogP contribution in [0.4, 0.5) is 10.5 Å². The molecule has 1 atom stereocenters. The third-order valence-electron chi connectivity index (χ3n) is 2.54. The van der Waals surface area contributed by atoms with Gasteiger partial charge in [0, 0.05) is 18.3 Å². The first kappa shape index (κ1) is 13.6. The summed E-state index contributed by atoms with van der Waals surface area (Å²) in [4.78, 5) is 23.6. The molecular weight excluding hydrogens is 232 g/mol. The van der Waals surface area contributed by atoms with Crippen LogP contribution < -0.4 is 5.32 Å². The van der Waals surface area contributed by atoms with Crippen LogP contribution in [0, 0.1) is 12.3 Å². The lowest BCUT2D eigenvalue weighted by Crippen LogP contribution is -2.42. The van der Waals surface area contributed by atoms with Crippen LogP contribution >= 0.6 is 0 Å². The van der Waals surface area contributed by atoms with Crippen molar-refractivity contribution in [1.82, 2.24) is 4.90 Å². The minimum absolute atomic E-state index is 0.501. The van der Waals surface area contributed by atoms with Gasteiger partial charge in [-0.2, -0.15) is 0 Å². The van der Waals surface area contributed by atoms with E-state index in [1.807, 2.05) is 0 Å². The number of carboxylic acids is 1. The van der Waals surface area contributed by atoms with Gasteiger partial charge in [0.1, 0.15) is 6.04 Å². The largest absolute Gasteiger partial charge is 0.480 e. The van der Waals surface area contributed by atoms with Gasteiger partial charge < -0.3 is 15.3 Å². The lowest BCUT2D eigenvalue weighted by Gasteiger charge is -2.21. The Kier molecular flexibility index (Phi) is 4.33. The normalized spacial score (nSPS) is 11.2. The zero-order chi connectivity index (χ0) is 13.7. The number of amides is 2. The Bertz CT molecular complexity index is 505. The van der Waals surface area contributed by atoms with Crippen LogP contribution in [0.25, 0.3) is 0 Å². The number of carboxylic acid groups (broad SMARTS) is 1. The summed E-state index contributed by atoms with van der Waals surface area (Å²) in [5.41, 5.74) is 1.17. The Labute approximate surface area is 105 Å². The Balaban J connectivity index is 2.75. The lowest BCUT2D eigenvalue weighted by atomic mass is 10.2. The molecule has 0 bridgehead atoms. The Morgan fingerprint density at radius 1 is 1.50 bits per heavy atom. The molecule has 1 rings (SSSR count). The van der Waals surface area contributed by atoms with E-state index in [2.05, 4.69) is 11.2 Å². The molecule has 0 fully saturated rings. The zero-order valence-electron chi connectivity index (χ0n) is 10.2. The van der Waals surface area contributed by atoms with Crippen molar-refractivity contribution < 1.29 is 14.7 Å². The van der Waals surface area contributed by atoms with E-state index < -0.39 is 18.0 Å². The van der Waals surface area contributed by atoms with Gasteiger partial charge in [0.25, 0.3) is 0 Å². The van der Waals surface area contributed by atoms with Crippen molar-refractivity contribution in [2.24, 2.45) is 0 Å². The van der Waals surface area contributed by atoms with Gasteiger partial charge >= 0.3 is 12.0 Å². The van der Waals surface area contributed by atoms with Crippen LogP contribution in [-0.4, -0.2) is 35.1 Å². The highest BCUT2D eigenvalue weighted by atomic mass is 16.4.